The van der Waals surface area contributed by atoms with Gasteiger partial charge in [0, 0.05) is 6.54 Å². The molecule has 0 spiro atoms. The highest BCUT2D eigenvalue weighted by Gasteiger charge is 2.17. The third-order valence-electron chi connectivity index (χ3n) is 1.88. The molecule has 2 N–H and O–H groups in total. The van der Waals surface area contributed by atoms with Gasteiger partial charge in [0.05, 0.1) is 6.61 Å². The first-order chi connectivity index (χ1) is 8.26. The quantitative estimate of drug-likeness (QED) is 0.554. The minimum atomic E-state index is -1.13. The SMILES string of the molecule is CCOC(=O)C(O)CCCNC(=O)OC(C)(C)C. The van der Waals surface area contributed by atoms with E-state index in [0.717, 1.165) is 0 Å². The molecule has 0 bridgehead atoms. The summed E-state index contributed by atoms with van der Waals surface area (Å²) in [6.07, 6.45) is -0.924. The maximum absolute atomic E-state index is 11.3. The molecular weight excluding hydrogens is 238 g/mol. The standard InChI is InChI=1S/C12H23NO5/c1-5-17-10(15)9(14)7-6-8-13-11(16)18-12(2,3)4/h9,14H,5-8H2,1-4H3,(H,13,16). The molecule has 1 atom stereocenters. The van der Waals surface area contributed by atoms with Crippen LogP contribution >= 0.6 is 0 Å². The fourth-order valence-electron chi connectivity index (χ4n) is 1.16. The lowest BCUT2D eigenvalue weighted by Crippen LogP contribution is -2.33. The number of carbonyl (C=O) groups is 2. The van der Waals surface area contributed by atoms with E-state index in [1.165, 1.54) is 0 Å². The topological polar surface area (TPSA) is 84.9 Å². The molecule has 0 aromatic heterocycles. The van der Waals surface area contributed by atoms with Gasteiger partial charge in [0.2, 0.25) is 0 Å². The summed E-state index contributed by atoms with van der Waals surface area (Å²) in [4.78, 5) is 22.3. The Kier molecular flexibility index (Phi) is 7.35. The average Bonchev–Trinajstić information content (AvgIpc) is 2.21. The lowest BCUT2D eigenvalue weighted by molar-refractivity contribution is -0.153. The molecule has 0 heterocycles. The van der Waals surface area contributed by atoms with Crippen LogP contribution in [0.2, 0.25) is 0 Å². The second-order valence-corrected chi connectivity index (χ2v) is 4.84. The highest BCUT2D eigenvalue weighted by atomic mass is 16.6. The molecule has 0 aliphatic rings. The van der Waals surface area contributed by atoms with Crippen molar-refractivity contribution in [1.29, 1.82) is 0 Å². The minimum Gasteiger partial charge on any atom is -0.464 e. The van der Waals surface area contributed by atoms with E-state index >= 15 is 0 Å². The Hall–Kier alpha value is -1.30. The number of aliphatic hydroxyl groups excluding tert-OH is 1. The summed E-state index contributed by atoms with van der Waals surface area (Å²) in [5, 5.41) is 11.9. The average molecular weight is 261 g/mol. The van der Waals surface area contributed by atoms with E-state index in [9.17, 15) is 14.7 Å². The van der Waals surface area contributed by atoms with Crippen LogP contribution in [0.5, 0.6) is 0 Å². The van der Waals surface area contributed by atoms with Crippen LogP contribution in [-0.2, 0) is 14.3 Å². The zero-order valence-corrected chi connectivity index (χ0v) is 11.5. The Morgan fingerprint density at radius 1 is 1.33 bits per heavy atom. The van der Waals surface area contributed by atoms with Crippen molar-refractivity contribution < 1.29 is 24.2 Å². The van der Waals surface area contributed by atoms with Gasteiger partial charge < -0.3 is 19.9 Å². The zero-order chi connectivity index (χ0) is 14.2. The van der Waals surface area contributed by atoms with Crippen molar-refractivity contribution >= 4 is 12.1 Å². The van der Waals surface area contributed by atoms with Crippen LogP contribution < -0.4 is 5.32 Å². The number of aliphatic hydroxyl groups is 1. The first-order valence-corrected chi connectivity index (χ1v) is 6.08. The molecule has 0 aromatic rings. The van der Waals surface area contributed by atoms with E-state index in [4.69, 9.17) is 4.74 Å². The number of alkyl carbamates (subject to hydrolysis) is 1. The van der Waals surface area contributed by atoms with E-state index < -0.39 is 23.8 Å². The van der Waals surface area contributed by atoms with Crippen molar-refractivity contribution in [2.75, 3.05) is 13.2 Å². The molecule has 6 nitrogen and oxygen atoms in total. The molecule has 0 saturated heterocycles. The maximum Gasteiger partial charge on any atom is 0.407 e. The number of amides is 1. The number of rotatable bonds is 6. The van der Waals surface area contributed by atoms with Crippen LogP contribution in [0.25, 0.3) is 0 Å². The molecule has 0 radical (unpaired) electrons. The van der Waals surface area contributed by atoms with Gasteiger partial charge in [-0.05, 0) is 40.5 Å². The van der Waals surface area contributed by atoms with Gasteiger partial charge in [-0.15, -0.1) is 0 Å². The molecule has 18 heavy (non-hydrogen) atoms. The van der Waals surface area contributed by atoms with Crippen molar-refractivity contribution in [1.82, 2.24) is 5.32 Å². The number of carbonyl (C=O) groups excluding carboxylic acids is 2. The molecule has 6 heteroatoms. The molecular formula is C12H23NO5. The molecule has 1 amide bonds. The van der Waals surface area contributed by atoms with Crippen LogP contribution in [-0.4, -0.2) is 42.0 Å². The van der Waals surface area contributed by atoms with Gasteiger partial charge >= 0.3 is 12.1 Å². The van der Waals surface area contributed by atoms with Crippen molar-refractivity contribution in [2.45, 2.75) is 52.2 Å². The molecule has 0 saturated carbocycles. The largest absolute Gasteiger partial charge is 0.464 e. The van der Waals surface area contributed by atoms with Gasteiger partial charge in [0.15, 0.2) is 6.10 Å². The third-order valence-corrected chi connectivity index (χ3v) is 1.88. The summed E-state index contributed by atoms with van der Waals surface area (Å²) < 4.78 is 9.67. The van der Waals surface area contributed by atoms with E-state index in [2.05, 4.69) is 10.1 Å². The lowest BCUT2D eigenvalue weighted by Gasteiger charge is -2.19. The predicted octanol–water partition coefficient (Wildman–Crippen LogP) is 1.22. The van der Waals surface area contributed by atoms with Gasteiger partial charge in [-0.3, -0.25) is 0 Å². The molecule has 0 aromatic carbocycles. The molecule has 1 unspecified atom stereocenters. The predicted molar refractivity (Wildman–Crippen MR) is 66.1 cm³/mol. The number of esters is 1. The third kappa shape index (κ3) is 8.81. The Labute approximate surface area is 108 Å². The van der Waals surface area contributed by atoms with E-state index in [1.807, 2.05) is 0 Å². The first kappa shape index (κ1) is 16.7. The highest BCUT2D eigenvalue weighted by molar-refractivity contribution is 5.74. The van der Waals surface area contributed by atoms with Crippen molar-refractivity contribution in [3.8, 4) is 0 Å². The van der Waals surface area contributed by atoms with Crippen molar-refractivity contribution in [2.24, 2.45) is 0 Å². The summed E-state index contributed by atoms with van der Waals surface area (Å²) in [5.74, 6) is -0.630. The number of ether oxygens (including phenoxy) is 2. The maximum atomic E-state index is 11.3. The Balaban J connectivity index is 3.67. The zero-order valence-electron chi connectivity index (χ0n) is 11.5. The summed E-state index contributed by atoms with van der Waals surface area (Å²) in [6.45, 7) is 7.58. The summed E-state index contributed by atoms with van der Waals surface area (Å²) in [6, 6.07) is 0. The molecule has 0 fully saturated rings. The molecule has 106 valence electrons. The number of nitrogens with one attached hydrogen (secondary N) is 1. The van der Waals surface area contributed by atoms with Crippen LogP contribution in [0.4, 0.5) is 4.79 Å². The number of hydrogen-bond acceptors (Lipinski definition) is 5. The lowest BCUT2D eigenvalue weighted by atomic mass is 10.2. The van der Waals surface area contributed by atoms with Gasteiger partial charge in [-0.1, -0.05) is 0 Å². The number of hydrogen-bond donors (Lipinski definition) is 2. The van der Waals surface area contributed by atoms with Crippen LogP contribution in [0.3, 0.4) is 0 Å². The molecule has 0 aliphatic carbocycles. The Morgan fingerprint density at radius 3 is 2.44 bits per heavy atom. The van der Waals surface area contributed by atoms with Crippen LogP contribution in [0.15, 0.2) is 0 Å². The minimum absolute atomic E-state index is 0.242. The van der Waals surface area contributed by atoms with Crippen LogP contribution in [0.1, 0.15) is 40.5 Å². The second kappa shape index (κ2) is 7.92. The van der Waals surface area contributed by atoms with E-state index in [-0.39, 0.29) is 13.0 Å². The summed E-state index contributed by atoms with van der Waals surface area (Å²) in [5.41, 5.74) is -0.533. The monoisotopic (exact) mass is 261 g/mol. The first-order valence-electron chi connectivity index (χ1n) is 6.08. The van der Waals surface area contributed by atoms with Gasteiger partial charge in [0.25, 0.3) is 0 Å². The summed E-state index contributed by atoms with van der Waals surface area (Å²) in [7, 11) is 0. The Bertz CT molecular complexity index is 272. The Morgan fingerprint density at radius 2 is 1.94 bits per heavy atom. The van der Waals surface area contributed by atoms with Crippen molar-refractivity contribution in [3.63, 3.8) is 0 Å². The fourth-order valence-corrected chi connectivity index (χ4v) is 1.16. The normalized spacial score (nSPS) is 12.7. The molecule has 0 rings (SSSR count). The van der Waals surface area contributed by atoms with Gasteiger partial charge in [-0.2, -0.15) is 0 Å². The van der Waals surface area contributed by atoms with E-state index in [1.54, 1.807) is 27.7 Å². The van der Waals surface area contributed by atoms with Crippen LogP contribution in [0, 0.1) is 0 Å². The smallest absolute Gasteiger partial charge is 0.407 e. The highest BCUT2D eigenvalue weighted by Crippen LogP contribution is 2.06. The molecule has 0 aliphatic heterocycles. The van der Waals surface area contributed by atoms with Crippen molar-refractivity contribution in [3.05, 3.63) is 0 Å². The van der Waals surface area contributed by atoms with Gasteiger partial charge in [0.1, 0.15) is 5.60 Å². The van der Waals surface area contributed by atoms with Gasteiger partial charge in [-0.25, -0.2) is 9.59 Å². The second-order valence-electron chi connectivity index (χ2n) is 4.84. The fraction of sp³-hybridized carbons (Fsp3) is 0.833. The summed E-state index contributed by atoms with van der Waals surface area (Å²) >= 11 is 0. The van der Waals surface area contributed by atoms with E-state index in [0.29, 0.717) is 13.0 Å².